The predicted molar refractivity (Wildman–Crippen MR) is 80.8 cm³/mol. The highest BCUT2D eigenvalue weighted by Crippen LogP contribution is 2.18. The fourth-order valence-electron chi connectivity index (χ4n) is 2.04. The minimum absolute atomic E-state index is 0.304. The van der Waals surface area contributed by atoms with Gasteiger partial charge in [-0.3, -0.25) is 0 Å². The summed E-state index contributed by atoms with van der Waals surface area (Å²) in [6.07, 6.45) is 7.71. The van der Waals surface area contributed by atoms with Crippen molar-refractivity contribution in [2.75, 3.05) is 18.5 Å². The van der Waals surface area contributed by atoms with Crippen LogP contribution in [0.3, 0.4) is 0 Å². The molecule has 100 valence electrons. The molecular weight excluding hydrogens is 341 g/mol. The van der Waals surface area contributed by atoms with Crippen LogP contribution >= 0.6 is 22.6 Å². The van der Waals surface area contributed by atoms with Crippen LogP contribution in [0.2, 0.25) is 0 Å². The third-order valence-corrected chi connectivity index (χ3v) is 3.81. The molecule has 0 spiro atoms. The standard InChI is InChI=1S/C13H20IN3O/c1-2-6-15-13-11(14)9-16-12(17-13)8-10-5-3-4-7-18-10/h9-10H,2-8H2,1H3,(H,15,16,17). The zero-order chi connectivity index (χ0) is 12.8. The van der Waals surface area contributed by atoms with E-state index in [4.69, 9.17) is 4.74 Å². The van der Waals surface area contributed by atoms with Crippen LogP contribution < -0.4 is 5.32 Å². The Kier molecular flexibility index (Phi) is 5.62. The number of aromatic nitrogens is 2. The molecule has 0 saturated carbocycles. The summed E-state index contributed by atoms with van der Waals surface area (Å²) in [5.41, 5.74) is 0. The van der Waals surface area contributed by atoms with Gasteiger partial charge in [0.2, 0.25) is 0 Å². The summed E-state index contributed by atoms with van der Waals surface area (Å²) in [5.74, 6) is 1.85. The van der Waals surface area contributed by atoms with E-state index in [0.29, 0.717) is 6.10 Å². The minimum atomic E-state index is 0.304. The molecule has 1 N–H and O–H groups in total. The summed E-state index contributed by atoms with van der Waals surface area (Å²) < 4.78 is 6.81. The lowest BCUT2D eigenvalue weighted by molar-refractivity contribution is 0.0156. The first kappa shape index (κ1) is 14.0. The average Bonchev–Trinajstić information content (AvgIpc) is 2.40. The van der Waals surface area contributed by atoms with Crippen molar-refractivity contribution in [3.8, 4) is 0 Å². The van der Waals surface area contributed by atoms with Crippen molar-refractivity contribution in [1.29, 1.82) is 0 Å². The van der Waals surface area contributed by atoms with Gasteiger partial charge >= 0.3 is 0 Å². The van der Waals surface area contributed by atoms with Crippen molar-refractivity contribution in [2.45, 2.75) is 45.1 Å². The fourth-order valence-corrected chi connectivity index (χ4v) is 2.49. The number of rotatable bonds is 5. The van der Waals surface area contributed by atoms with Crippen molar-refractivity contribution < 1.29 is 4.74 Å². The molecule has 1 saturated heterocycles. The molecule has 1 unspecified atom stereocenters. The molecule has 0 radical (unpaired) electrons. The number of anilines is 1. The first-order valence-corrected chi connectivity index (χ1v) is 7.74. The Hall–Kier alpha value is -0.430. The normalized spacial score (nSPS) is 19.8. The largest absolute Gasteiger partial charge is 0.378 e. The maximum absolute atomic E-state index is 5.73. The maximum Gasteiger partial charge on any atom is 0.143 e. The summed E-state index contributed by atoms with van der Waals surface area (Å²) >= 11 is 2.27. The lowest BCUT2D eigenvalue weighted by Gasteiger charge is -2.22. The molecule has 1 aromatic rings. The molecule has 1 aromatic heterocycles. The van der Waals surface area contributed by atoms with Gasteiger partial charge < -0.3 is 10.1 Å². The van der Waals surface area contributed by atoms with Crippen LogP contribution in [-0.2, 0) is 11.2 Å². The fraction of sp³-hybridized carbons (Fsp3) is 0.692. The second-order valence-electron chi connectivity index (χ2n) is 4.60. The van der Waals surface area contributed by atoms with E-state index >= 15 is 0 Å². The predicted octanol–water partition coefficient (Wildman–Crippen LogP) is 3.01. The lowest BCUT2D eigenvalue weighted by Crippen LogP contribution is -2.22. The van der Waals surface area contributed by atoms with E-state index in [1.807, 2.05) is 6.20 Å². The van der Waals surface area contributed by atoms with Crippen molar-refractivity contribution in [3.05, 3.63) is 15.6 Å². The Morgan fingerprint density at radius 1 is 1.50 bits per heavy atom. The van der Waals surface area contributed by atoms with Crippen LogP contribution in [-0.4, -0.2) is 29.2 Å². The molecule has 1 fully saturated rings. The van der Waals surface area contributed by atoms with Crippen LogP contribution in [0, 0.1) is 3.57 Å². The molecule has 5 heteroatoms. The molecule has 0 amide bonds. The second kappa shape index (κ2) is 7.23. The maximum atomic E-state index is 5.73. The lowest BCUT2D eigenvalue weighted by atomic mass is 10.1. The summed E-state index contributed by atoms with van der Waals surface area (Å²) in [4.78, 5) is 9.00. The number of nitrogens with one attached hydrogen (secondary N) is 1. The van der Waals surface area contributed by atoms with E-state index < -0.39 is 0 Å². The first-order valence-electron chi connectivity index (χ1n) is 6.66. The number of ether oxygens (including phenoxy) is 1. The van der Waals surface area contributed by atoms with E-state index in [0.717, 1.165) is 47.6 Å². The highest BCUT2D eigenvalue weighted by atomic mass is 127. The Morgan fingerprint density at radius 3 is 3.11 bits per heavy atom. The zero-order valence-corrected chi connectivity index (χ0v) is 12.9. The molecule has 1 atom stereocenters. The molecule has 1 aliphatic heterocycles. The van der Waals surface area contributed by atoms with Gasteiger partial charge in [-0.1, -0.05) is 6.92 Å². The number of hydrogen-bond donors (Lipinski definition) is 1. The molecule has 18 heavy (non-hydrogen) atoms. The SMILES string of the molecule is CCCNc1nc(CC2CCCCO2)ncc1I. The summed E-state index contributed by atoms with van der Waals surface area (Å²) in [5, 5.41) is 3.34. The van der Waals surface area contributed by atoms with Crippen molar-refractivity contribution in [3.63, 3.8) is 0 Å². The Labute approximate surface area is 122 Å². The van der Waals surface area contributed by atoms with Crippen molar-refractivity contribution in [1.82, 2.24) is 9.97 Å². The third kappa shape index (κ3) is 4.05. The second-order valence-corrected chi connectivity index (χ2v) is 5.76. The van der Waals surface area contributed by atoms with E-state index in [-0.39, 0.29) is 0 Å². The highest BCUT2D eigenvalue weighted by molar-refractivity contribution is 14.1. The van der Waals surface area contributed by atoms with E-state index in [9.17, 15) is 0 Å². The Morgan fingerprint density at radius 2 is 2.39 bits per heavy atom. The first-order chi connectivity index (χ1) is 8.79. The topological polar surface area (TPSA) is 47.0 Å². The average molecular weight is 361 g/mol. The monoisotopic (exact) mass is 361 g/mol. The van der Waals surface area contributed by atoms with Crippen molar-refractivity contribution in [2.24, 2.45) is 0 Å². The van der Waals surface area contributed by atoms with Crippen LogP contribution in [0.15, 0.2) is 6.20 Å². The van der Waals surface area contributed by atoms with Gasteiger partial charge in [0.05, 0.1) is 9.67 Å². The summed E-state index contributed by atoms with van der Waals surface area (Å²) in [6.45, 7) is 3.99. The third-order valence-electron chi connectivity index (χ3n) is 3.02. The minimum Gasteiger partial charge on any atom is -0.378 e. The highest BCUT2D eigenvalue weighted by Gasteiger charge is 2.16. The van der Waals surface area contributed by atoms with E-state index in [1.54, 1.807) is 0 Å². The van der Waals surface area contributed by atoms with Gasteiger partial charge in [0.1, 0.15) is 11.6 Å². The molecule has 2 rings (SSSR count). The molecule has 2 heterocycles. The van der Waals surface area contributed by atoms with Gasteiger partial charge in [-0.15, -0.1) is 0 Å². The molecular formula is C13H20IN3O. The Bertz CT molecular complexity index is 380. The quantitative estimate of drug-likeness (QED) is 0.820. The van der Waals surface area contributed by atoms with Gasteiger partial charge in [-0.05, 0) is 48.3 Å². The number of halogens is 1. The summed E-state index contributed by atoms with van der Waals surface area (Å²) in [7, 11) is 0. The molecule has 1 aliphatic rings. The Balaban J connectivity index is 1.99. The van der Waals surface area contributed by atoms with E-state index in [1.165, 1.54) is 12.8 Å². The van der Waals surface area contributed by atoms with Gasteiger partial charge in [-0.2, -0.15) is 0 Å². The van der Waals surface area contributed by atoms with Crippen molar-refractivity contribution >= 4 is 28.4 Å². The molecule has 4 nitrogen and oxygen atoms in total. The van der Waals surface area contributed by atoms with Gasteiger partial charge in [0, 0.05) is 25.8 Å². The van der Waals surface area contributed by atoms with E-state index in [2.05, 4.69) is 44.8 Å². The van der Waals surface area contributed by atoms with Gasteiger partial charge in [0.25, 0.3) is 0 Å². The van der Waals surface area contributed by atoms with Crippen LogP contribution in [0.4, 0.5) is 5.82 Å². The van der Waals surface area contributed by atoms with Crippen LogP contribution in [0.5, 0.6) is 0 Å². The van der Waals surface area contributed by atoms with Crippen LogP contribution in [0.1, 0.15) is 38.4 Å². The molecule has 0 bridgehead atoms. The number of nitrogens with zero attached hydrogens (tertiary/aromatic N) is 2. The number of hydrogen-bond acceptors (Lipinski definition) is 4. The van der Waals surface area contributed by atoms with Crippen LogP contribution in [0.25, 0.3) is 0 Å². The molecule has 0 aromatic carbocycles. The molecule has 0 aliphatic carbocycles. The smallest absolute Gasteiger partial charge is 0.143 e. The van der Waals surface area contributed by atoms with Gasteiger partial charge in [-0.25, -0.2) is 9.97 Å². The van der Waals surface area contributed by atoms with Gasteiger partial charge in [0.15, 0.2) is 0 Å². The summed E-state index contributed by atoms with van der Waals surface area (Å²) in [6, 6.07) is 0. The zero-order valence-electron chi connectivity index (χ0n) is 10.8.